The molecule has 0 saturated carbocycles. The lowest BCUT2D eigenvalue weighted by atomic mass is 9.82. The Bertz CT molecular complexity index is 654. The van der Waals surface area contributed by atoms with Crippen LogP contribution in [0.2, 0.25) is 5.02 Å². The Morgan fingerprint density at radius 1 is 1.59 bits per heavy atom. The van der Waals surface area contributed by atoms with Crippen LogP contribution in [-0.2, 0) is 11.2 Å². The SMILES string of the molecule is [2H]c1c(Cl)ccc2c1C1=C(C2)C(C(N)=O)C([2H])([2H])CC1. The van der Waals surface area contributed by atoms with Crippen molar-refractivity contribution in [3.05, 3.63) is 39.9 Å². The quantitative estimate of drug-likeness (QED) is 0.818. The summed E-state index contributed by atoms with van der Waals surface area (Å²) in [7, 11) is 0. The number of amides is 1. The molecule has 0 saturated heterocycles. The molecular formula is C14H14ClNO. The first-order valence-corrected chi connectivity index (χ1v) is 6.00. The Morgan fingerprint density at radius 2 is 2.41 bits per heavy atom. The van der Waals surface area contributed by atoms with Crippen LogP contribution in [0.5, 0.6) is 0 Å². The van der Waals surface area contributed by atoms with Gasteiger partial charge in [0, 0.05) is 7.76 Å². The number of benzene rings is 1. The molecule has 3 rings (SSSR count). The topological polar surface area (TPSA) is 43.1 Å². The number of primary amides is 1. The zero-order valence-electron chi connectivity index (χ0n) is 12.2. The molecule has 0 aromatic heterocycles. The van der Waals surface area contributed by atoms with E-state index < -0.39 is 18.2 Å². The Labute approximate surface area is 110 Å². The van der Waals surface area contributed by atoms with Crippen molar-refractivity contribution in [2.75, 3.05) is 0 Å². The van der Waals surface area contributed by atoms with Gasteiger partial charge in [0.1, 0.15) is 0 Å². The number of carbonyl (C=O) groups excluding carboxylic acids is 1. The summed E-state index contributed by atoms with van der Waals surface area (Å²) in [6.45, 7) is 0. The summed E-state index contributed by atoms with van der Waals surface area (Å²) in [6.07, 6.45) is -0.365. The van der Waals surface area contributed by atoms with E-state index in [-0.39, 0.29) is 12.5 Å². The fraction of sp³-hybridized carbons (Fsp3) is 0.357. The van der Waals surface area contributed by atoms with Crippen molar-refractivity contribution in [2.45, 2.75) is 25.6 Å². The van der Waals surface area contributed by atoms with Crippen molar-refractivity contribution in [1.29, 1.82) is 0 Å². The number of hydrogen-bond donors (Lipinski definition) is 1. The van der Waals surface area contributed by atoms with Gasteiger partial charge in [-0.05, 0) is 60.0 Å². The van der Waals surface area contributed by atoms with Gasteiger partial charge < -0.3 is 5.73 Å². The molecule has 2 nitrogen and oxygen atoms in total. The Hall–Kier alpha value is -1.28. The lowest BCUT2D eigenvalue weighted by molar-refractivity contribution is -0.121. The van der Waals surface area contributed by atoms with Gasteiger partial charge in [0.2, 0.25) is 5.91 Å². The van der Waals surface area contributed by atoms with E-state index in [9.17, 15) is 4.79 Å². The number of allylic oxidation sites excluding steroid dienone is 1. The average Bonchev–Trinajstić information content (AvgIpc) is 2.70. The maximum Gasteiger partial charge on any atom is 0.224 e. The number of hydrogen-bond acceptors (Lipinski definition) is 1. The van der Waals surface area contributed by atoms with E-state index in [0.29, 0.717) is 17.9 Å². The van der Waals surface area contributed by atoms with Crippen LogP contribution in [0.3, 0.4) is 0 Å². The van der Waals surface area contributed by atoms with Crippen molar-refractivity contribution < 1.29 is 8.91 Å². The van der Waals surface area contributed by atoms with Gasteiger partial charge in [-0.2, -0.15) is 0 Å². The van der Waals surface area contributed by atoms with Crippen molar-refractivity contribution in [3.63, 3.8) is 0 Å². The summed E-state index contributed by atoms with van der Waals surface area (Å²) in [5.41, 5.74) is 8.76. The second-order valence-corrected chi connectivity index (χ2v) is 4.83. The standard InChI is InChI=1S/C14H14ClNO/c15-9-5-4-8-6-13-10(12(8)7-9)2-1-3-11(13)14(16)17/h4-5,7,11H,1-3,6H2,(H2,16,17)/i3D2,7D. The van der Waals surface area contributed by atoms with Crippen LogP contribution < -0.4 is 5.73 Å². The van der Waals surface area contributed by atoms with Crippen molar-refractivity contribution in [3.8, 4) is 0 Å². The molecule has 3 heteroatoms. The van der Waals surface area contributed by atoms with Crippen LogP contribution in [0.4, 0.5) is 0 Å². The molecule has 1 atom stereocenters. The monoisotopic (exact) mass is 250 g/mol. The summed E-state index contributed by atoms with van der Waals surface area (Å²) in [4.78, 5) is 11.7. The van der Waals surface area contributed by atoms with Crippen molar-refractivity contribution in [1.82, 2.24) is 0 Å². The minimum absolute atomic E-state index is 0.241. The molecule has 1 aromatic carbocycles. The zero-order chi connectivity index (χ0) is 14.7. The molecule has 1 aromatic rings. The Balaban J connectivity index is 2.18. The van der Waals surface area contributed by atoms with Crippen LogP contribution in [0.15, 0.2) is 23.7 Å². The molecule has 2 aliphatic rings. The van der Waals surface area contributed by atoms with E-state index in [1.165, 1.54) is 0 Å². The molecule has 0 fully saturated rings. The molecule has 1 unspecified atom stereocenters. The van der Waals surface area contributed by atoms with Crippen molar-refractivity contribution >= 4 is 23.1 Å². The molecular weight excluding hydrogens is 234 g/mol. The van der Waals surface area contributed by atoms with Crippen LogP contribution in [0, 0.1) is 5.92 Å². The third-order valence-electron chi connectivity index (χ3n) is 3.42. The normalized spacial score (nSPS) is 27.8. The smallest absolute Gasteiger partial charge is 0.224 e. The van der Waals surface area contributed by atoms with E-state index >= 15 is 0 Å². The highest BCUT2D eigenvalue weighted by Gasteiger charge is 2.32. The summed E-state index contributed by atoms with van der Waals surface area (Å²) in [5.74, 6) is -1.54. The predicted molar refractivity (Wildman–Crippen MR) is 68.6 cm³/mol. The van der Waals surface area contributed by atoms with E-state index in [0.717, 1.165) is 22.3 Å². The largest absolute Gasteiger partial charge is 0.369 e. The zero-order valence-corrected chi connectivity index (χ0v) is 9.97. The summed E-state index contributed by atoms with van der Waals surface area (Å²) >= 11 is 6.00. The predicted octanol–water partition coefficient (Wildman–Crippen LogP) is 2.94. The molecule has 88 valence electrons. The summed E-state index contributed by atoms with van der Waals surface area (Å²) in [5, 5.41) is 0.377. The molecule has 0 spiro atoms. The number of rotatable bonds is 1. The van der Waals surface area contributed by atoms with Crippen LogP contribution in [-0.4, -0.2) is 5.91 Å². The minimum Gasteiger partial charge on any atom is -0.369 e. The van der Waals surface area contributed by atoms with Gasteiger partial charge in [-0.3, -0.25) is 4.79 Å². The summed E-state index contributed by atoms with van der Waals surface area (Å²) < 4.78 is 24.1. The molecule has 1 amide bonds. The van der Waals surface area contributed by atoms with Gasteiger partial charge in [0.05, 0.1) is 7.29 Å². The number of halogens is 1. The second-order valence-electron chi connectivity index (χ2n) is 4.43. The van der Waals surface area contributed by atoms with Gasteiger partial charge >= 0.3 is 0 Å². The molecule has 0 heterocycles. The highest BCUT2D eigenvalue weighted by atomic mass is 35.5. The highest BCUT2D eigenvalue weighted by Crippen LogP contribution is 2.44. The first kappa shape index (κ1) is 7.93. The first-order chi connectivity index (χ1) is 9.33. The number of nitrogens with two attached hydrogens (primary N) is 1. The molecule has 0 bridgehead atoms. The van der Waals surface area contributed by atoms with Gasteiger partial charge in [0.25, 0.3) is 0 Å². The molecule has 2 aliphatic carbocycles. The van der Waals surface area contributed by atoms with Crippen LogP contribution in [0.25, 0.3) is 5.57 Å². The highest BCUT2D eigenvalue weighted by molar-refractivity contribution is 6.30. The van der Waals surface area contributed by atoms with E-state index in [1.807, 2.05) is 6.07 Å². The van der Waals surface area contributed by atoms with Crippen molar-refractivity contribution in [2.24, 2.45) is 11.7 Å². The molecule has 0 aliphatic heterocycles. The second kappa shape index (κ2) is 3.88. The van der Waals surface area contributed by atoms with E-state index in [1.54, 1.807) is 6.07 Å². The Kier molecular flexibility index (Phi) is 1.81. The van der Waals surface area contributed by atoms with Crippen LogP contribution in [0.1, 0.15) is 34.5 Å². The molecule has 17 heavy (non-hydrogen) atoms. The van der Waals surface area contributed by atoms with E-state index in [2.05, 4.69) is 0 Å². The van der Waals surface area contributed by atoms with E-state index in [4.69, 9.17) is 21.4 Å². The van der Waals surface area contributed by atoms with Crippen LogP contribution >= 0.6 is 11.6 Å². The molecule has 0 radical (unpaired) electrons. The van der Waals surface area contributed by atoms with Gasteiger partial charge in [-0.1, -0.05) is 17.7 Å². The number of fused-ring (bicyclic) bond motifs is 2. The van der Waals surface area contributed by atoms with Gasteiger partial charge in [0.15, 0.2) is 0 Å². The number of carbonyl (C=O) groups is 1. The third kappa shape index (κ3) is 1.67. The summed E-state index contributed by atoms with van der Waals surface area (Å²) in [6, 6.07) is 3.79. The van der Waals surface area contributed by atoms with Gasteiger partial charge in [-0.25, -0.2) is 0 Å². The minimum atomic E-state index is -1.61. The maximum atomic E-state index is 11.7. The lowest BCUT2D eigenvalue weighted by Gasteiger charge is -2.22. The fourth-order valence-electron chi connectivity index (χ4n) is 2.69. The average molecular weight is 251 g/mol. The first-order valence-electron chi connectivity index (χ1n) is 7.12. The Morgan fingerprint density at radius 3 is 3.18 bits per heavy atom. The lowest BCUT2D eigenvalue weighted by Crippen LogP contribution is -2.27. The maximum absolute atomic E-state index is 11.7. The fourth-order valence-corrected chi connectivity index (χ4v) is 2.84. The van der Waals surface area contributed by atoms with Gasteiger partial charge in [-0.15, -0.1) is 0 Å². The molecule has 2 N–H and O–H groups in total. The third-order valence-corrected chi connectivity index (χ3v) is 3.64.